The molecule has 0 atom stereocenters. The van der Waals surface area contributed by atoms with Crippen LogP contribution in [0.4, 0.5) is 22.9 Å². The van der Waals surface area contributed by atoms with Crippen molar-refractivity contribution in [3.05, 3.63) is 30.0 Å². The summed E-state index contributed by atoms with van der Waals surface area (Å²) in [5.41, 5.74) is 1.46. The molecule has 0 radical (unpaired) electrons. The lowest BCUT2D eigenvalue weighted by molar-refractivity contribution is -0.128. The molecule has 3 amide bonds. The molecular formula is C27H35N7O4. The van der Waals surface area contributed by atoms with Gasteiger partial charge in [0.25, 0.3) is 5.91 Å². The van der Waals surface area contributed by atoms with Crippen molar-refractivity contribution < 1.29 is 23.2 Å². The quantitative estimate of drug-likeness (QED) is 0.504. The first-order valence-corrected chi connectivity index (χ1v) is 12.9. The van der Waals surface area contributed by atoms with E-state index in [1.807, 2.05) is 22.3 Å². The van der Waals surface area contributed by atoms with Crippen LogP contribution in [0.25, 0.3) is 0 Å². The van der Waals surface area contributed by atoms with Crippen LogP contribution in [0.5, 0.6) is 5.75 Å². The van der Waals surface area contributed by atoms with Crippen LogP contribution in [-0.4, -0.2) is 73.1 Å². The predicted molar refractivity (Wildman–Crippen MR) is 144 cm³/mol. The first-order valence-electron chi connectivity index (χ1n) is 14.4. The van der Waals surface area contributed by atoms with Crippen molar-refractivity contribution in [1.29, 1.82) is 0 Å². The van der Waals surface area contributed by atoms with Gasteiger partial charge in [-0.05, 0) is 49.7 Å². The van der Waals surface area contributed by atoms with E-state index in [-0.39, 0.29) is 40.3 Å². The zero-order valence-corrected chi connectivity index (χ0v) is 21.7. The lowest BCUT2D eigenvalue weighted by atomic mass is 9.77. The van der Waals surface area contributed by atoms with Crippen molar-refractivity contribution in [2.45, 2.75) is 39.0 Å². The van der Waals surface area contributed by atoms with Gasteiger partial charge >= 0.3 is 0 Å². The molecule has 2 saturated heterocycles. The number of hydrogen-bond donors (Lipinski definition) is 3. The van der Waals surface area contributed by atoms with Gasteiger partial charge in [-0.3, -0.25) is 14.4 Å². The molecule has 3 heterocycles. The number of anilines is 4. The molecule has 11 heteroatoms. The fourth-order valence-corrected chi connectivity index (χ4v) is 5.41. The van der Waals surface area contributed by atoms with Gasteiger partial charge < -0.3 is 30.5 Å². The van der Waals surface area contributed by atoms with E-state index in [0.29, 0.717) is 11.4 Å². The van der Waals surface area contributed by atoms with E-state index >= 15 is 0 Å². The van der Waals surface area contributed by atoms with Crippen LogP contribution in [0.15, 0.2) is 24.3 Å². The normalized spacial score (nSPS) is 19.8. The van der Waals surface area contributed by atoms with Crippen molar-refractivity contribution in [2.24, 2.45) is 11.3 Å². The van der Waals surface area contributed by atoms with E-state index in [9.17, 15) is 14.4 Å². The highest BCUT2D eigenvalue weighted by molar-refractivity contribution is 6.00. The molecule has 2 aromatic rings. The van der Waals surface area contributed by atoms with Gasteiger partial charge in [-0.15, -0.1) is 10.2 Å². The number of nitrogens with one attached hydrogen (secondary N) is 3. The van der Waals surface area contributed by atoms with Gasteiger partial charge in [0, 0.05) is 56.2 Å². The Kier molecular flexibility index (Phi) is 6.09. The molecular weight excluding hydrogens is 486 g/mol. The lowest BCUT2D eigenvalue weighted by Gasteiger charge is -2.40. The highest BCUT2D eigenvalue weighted by Crippen LogP contribution is 2.44. The minimum absolute atomic E-state index is 0.0676. The largest absolute Gasteiger partial charge is 0.492 e. The molecule has 3 fully saturated rings. The summed E-state index contributed by atoms with van der Waals surface area (Å²) in [6, 6.07) is 7.07. The van der Waals surface area contributed by atoms with Crippen molar-refractivity contribution >= 4 is 40.6 Å². The van der Waals surface area contributed by atoms with Gasteiger partial charge in [-0.2, -0.15) is 0 Å². The minimum Gasteiger partial charge on any atom is -0.492 e. The number of amides is 3. The Hall–Kier alpha value is -3.89. The molecule has 11 nitrogen and oxygen atoms in total. The first-order chi connectivity index (χ1) is 19.5. The molecule has 202 valence electrons. The number of benzene rings is 1. The minimum atomic E-state index is -2.72. The molecule has 5 rings (SSSR count). The zero-order valence-electron chi connectivity index (χ0n) is 24.7. The number of carbonyl (C=O) groups excluding carboxylic acids is 3. The number of carbonyl (C=O) groups is 3. The van der Waals surface area contributed by atoms with Gasteiger partial charge in [0.05, 0.1) is 24.2 Å². The van der Waals surface area contributed by atoms with E-state index in [4.69, 9.17) is 8.85 Å². The maximum absolute atomic E-state index is 12.8. The van der Waals surface area contributed by atoms with E-state index in [2.05, 4.69) is 25.7 Å². The third-order valence-corrected chi connectivity index (χ3v) is 7.84. The predicted octanol–water partition coefficient (Wildman–Crippen LogP) is 2.78. The number of piperidine rings is 1. The smallest absolute Gasteiger partial charge is 0.273 e. The number of aromatic nitrogens is 2. The van der Waals surface area contributed by atoms with Crippen LogP contribution in [0.2, 0.25) is 0 Å². The Bertz CT molecular complexity index is 1340. The zero-order chi connectivity index (χ0) is 29.4. The van der Waals surface area contributed by atoms with Crippen LogP contribution in [0.1, 0.15) is 53.6 Å². The van der Waals surface area contributed by atoms with Gasteiger partial charge in [-0.1, -0.05) is 6.07 Å². The van der Waals surface area contributed by atoms with Crippen LogP contribution >= 0.6 is 0 Å². The Morgan fingerprint density at radius 1 is 1.11 bits per heavy atom. The molecule has 1 aliphatic carbocycles. The second-order valence-electron chi connectivity index (χ2n) is 10.4. The van der Waals surface area contributed by atoms with E-state index < -0.39 is 12.9 Å². The van der Waals surface area contributed by atoms with Crippen molar-refractivity contribution in [3.63, 3.8) is 0 Å². The Morgan fingerprint density at radius 2 is 1.87 bits per heavy atom. The Balaban J connectivity index is 1.39. The van der Waals surface area contributed by atoms with Gasteiger partial charge in [-0.25, -0.2) is 0 Å². The van der Waals surface area contributed by atoms with Crippen LogP contribution in [0.3, 0.4) is 0 Å². The summed E-state index contributed by atoms with van der Waals surface area (Å²) in [5.74, 6) is -0.376. The number of likely N-dealkylation sites (tertiary alicyclic amines) is 1. The maximum atomic E-state index is 12.8. The second-order valence-corrected chi connectivity index (χ2v) is 10.4. The number of ether oxygens (including phenoxy) is 1. The highest BCUT2D eigenvalue weighted by atomic mass is 16.5. The summed E-state index contributed by atoms with van der Waals surface area (Å²) in [4.78, 5) is 41.2. The number of hydrogen-bond acceptors (Lipinski definition) is 8. The number of rotatable bonds is 7. The number of para-hydroxylation sites is 1. The van der Waals surface area contributed by atoms with Gasteiger partial charge in [0.2, 0.25) is 11.8 Å². The van der Waals surface area contributed by atoms with Crippen LogP contribution < -0.4 is 25.6 Å². The summed E-state index contributed by atoms with van der Waals surface area (Å²) in [6.07, 6.45) is 4.53. The topological polar surface area (TPSA) is 129 Å². The molecule has 1 aromatic carbocycles. The van der Waals surface area contributed by atoms with Crippen molar-refractivity contribution in [2.75, 3.05) is 55.8 Å². The summed E-state index contributed by atoms with van der Waals surface area (Å²) in [6.45, 7) is 2.10. The SMILES string of the molecule is [2H]C([2H])([2H])NC(=O)c1nnc(NC(=O)C2CC2)cc1Nc1cccc(N2CCC3(CCN(C(C)=O)C3)CC2)c1OC. The molecule has 0 bridgehead atoms. The monoisotopic (exact) mass is 524 g/mol. The lowest BCUT2D eigenvalue weighted by Crippen LogP contribution is -2.42. The molecule has 2 aliphatic heterocycles. The van der Waals surface area contributed by atoms with Crippen molar-refractivity contribution in [1.82, 2.24) is 20.4 Å². The van der Waals surface area contributed by atoms with Crippen LogP contribution in [-0.2, 0) is 9.59 Å². The fraction of sp³-hybridized carbons (Fsp3) is 0.519. The standard InChI is InChI=1S/C27H35N7O4/c1-17(35)34-14-11-27(16-34)9-12-33(13-10-27)21-6-4-5-19(24(21)38-3)29-20-15-22(30-25(36)18-7-8-18)31-32-23(20)26(37)28-2/h4-6,15,18H,7-14,16H2,1-3H3,(H,28,37)(H2,29,30,31,36)/i2D3. The number of nitrogens with zero attached hydrogens (tertiary/aromatic N) is 4. The fourth-order valence-electron chi connectivity index (χ4n) is 5.41. The molecule has 1 saturated carbocycles. The first kappa shape index (κ1) is 22.1. The van der Waals surface area contributed by atoms with E-state index in [1.165, 1.54) is 6.07 Å². The molecule has 0 unspecified atom stereocenters. The average molecular weight is 525 g/mol. The Morgan fingerprint density at radius 3 is 2.53 bits per heavy atom. The maximum Gasteiger partial charge on any atom is 0.273 e. The molecule has 1 spiro atoms. The number of methoxy groups -OCH3 is 1. The Labute approximate surface area is 226 Å². The highest BCUT2D eigenvalue weighted by Gasteiger charge is 2.41. The molecule has 3 aliphatic rings. The van der Waals surface area contributed by atoms with Crippen LogP contribution in [0, 0.1) is 11.3 Å². The third-order valence-electron chi connectivity index (χ3n) is 7.84. The molecule has 38 heavy (non-hydrogen) atoms. The summed E-state index contributed by atoms with van der Waals surface area (Å²) >= 11 is 0. The average Bonchev–Trinajstić information content (AvgIpc) is 3.69. The third kappa shape index (κ3) is 5.23. The molecule has 3 N–H and O–H groups in total. The van der Waals surface area contributed by atoms with Gasteiger partial charge in [0.1, 0.15) is 0 Å². The van der Waals surface area contributed by atoms with Crippen molar-refractivity contribution in [3.8, 4) is 5.75 Å². The summed E-state index contributed by atoms with van der Waals surface area (Å²) in [7, 11) is 1.56. The second kappa shape index (κ2) is 10.5. The molecule has 1 aromatic heterocycles. The van der Waals surface area contributed by atoms with E-state index in [0.717, 1.165) is 64.0 Å². The summed E-state index contributed by atoms with van der Waals surface area (Å²) in [5, 5.41) is 15.7. The van der Waals surface area contributed by atoms with E-state index in [1.54, 1.807) is 20.1 Å². The summed E-state index contributed by atoms with van der Waals surface area (Å²) < 4.78 is 28.1. The van der Waals surface area contributed by atoms with Gasteiger partial charge in [0.15, 0.2) is 17.3 Å².